The van der Waals surface area contributed by atoms with Gasteiger partial charge in [-0.25, -0.2) is 9.97 Å². The number of H-pyrrole nitrogens is 1. The summed E-state index contributed by atoms with van der Waals surface area (Å²) < 4.78 is 10.5. The summed E-state index contributed by atoms with van der Waals surface area (Å²) in [6, 6.07) is 5.52. The summed E-state index contributed by atoms with van der Waals surface area (Å²) in [6.45, 7) is 0. The molecule has 3 rings (SSSR count). The molecule has 3 aromatic rings. The van der Waals surface area contributed by atoms with Crippen molar-refractivity contribution in [3.8, 4) is 22.8 Å². The molecule has 1 N–H and O–H groups in total. The summed E-state index contributed by atoms with van der Waals surface area (Å²) in [7, 11) is 3.17. The van der Waals surface area contributed by atoms with Gasteiger partial charge in [0.1, 0.15) is 11.2 Å². The van der Waals surface area contributed by atoms with Crippen LogP contribution in [0.15, 0.2) is 24.5 Å². The maximum Gasteiger partial charge on any atom is 0.225 e. The molecule has 20 heavy (non-hydrogen) atoms. The SMILES string of the molecule is COc1ccc(-c2nc(Cl)nc3nc[nH]c23)cc1OC. The molecule has 0 aliphatic heterocycles. The lowest BCUT2D eigenvalue weighted by Crippen LogP contribution is -1.94. The number of imidazole rings is 1. The molecule has 7 heteroatoms. The number of ether oxygens (including phenoxy) is 2. The molecular formula is C13H11ClN4O2. The van der Waals surface area contributed by atoms with E-state index in [1.54, 1.807) is 20.5 Å². The molecule has 0 bridgehead atoms. The van der Waals surface area contributed by atoms with Gasteiger partial charge < -0.3 is 14.5 Å². The Labute approximate surface area is 119 Å². The van der Waals surface area contributed by atoms with Gasteiger partial charge in [-0.1, -0.05) is 0 Å². The van der Waals surface area contributed by atoms with Crippen LogP contribution in [-0.2, 0) is 0 Å². The molecule has 0 aliphatic rings. The molecule has 1 aromatic carbocycles. The monoisotopic (exact) mass is 290 g/mol. The van der Waals surface area contributed by atoms with E-state index in [1.807, 2.05) is 18.2 Å². The Hall–Kier alpha value is -2.34. The Morgan fingerprint density at radius 1 is 1.10 bits per heavy atom. The quantitative estimate of drug-likeness (QED) is 0.751. The zero-order valence-corrected chi connectivity index (χ0v) is 11.6. The summed E-state index contributed by atoms with van der Waals surface area (Å²) >= 11 is 5.93. The van der Waals surface area contributed by atoms with Crippen LogP contribution in [0.5, 0.6) is 11.5 Å². The van der Waals surface area contributed by atoms with Gasteiger partial charge in [-0.2, -0.15) is 4.98 Å². The van der Waals surface area contributed by atoms with Crippen LogP contribution in [0.3, 0.4) is 0 Å². The van der Waals surface area contributed by atoms with E-state index >= 15 is 0 Å². The second-order valence-electron chi connectivity index (χ2n) is 4.01. The second kappa shape index (κ2) is 4.97. The zero-order chi connectivity index (χ0) is 14.1. The van der Waals surface area contributed by atoms with Gasteiger partial charge >= 0.3 is 0 Å². The average molecular weight is 291 g/mol. The molecule has 2 aromatic heterocycles. The van der Waals surface area contributed by atoms with Crippen LogP contribution >= 0.6 is 11.6 Å². The number of rotatable bonds is 3. The number of nitrogens with zero attached hydrogens (tertiary/aromatic N) is 3. The van der Waals surface area contributed by atoms with Crippen molar-refractivity contribution in [1.29, 1.82) is 0 Å². The van der Waals surface area contributed by atoms with Crippen LogP contribution < -0.4 is 9.47 Å². The van der Waals surface area contributed by atoms with Gasteiger partial charge in [0.2, 0.25) is 5.28 Å². The minimum Gasteiger partial charge on any atom is -0.493 e. The number of aromatic nitrogens is 4. The summed E-state index contributed by atoms with van der Waals surface area (Å²) in [5, 5.41) is 0.148. The molecule has 0 amide bonds. The number of halogens is 1. The highest BCUT2D eigenvalue weighted by molar-refractivity contribution is 6.28. The lowest BCUT2D eigenvalue weighted by Gasteiger charge is -2.09. The first-order chi connectivity index (χ1) is 9.72. The number of aromatic amines is 1. The maximum absolute atomic E-state index is 5.93. The molecule has 102 valence electrons. The number of fused-ring (bicyclic) bond motifs is 1. The molecule has 0 saturated heterocycles. The lowest BCUT2D eigenvalue weighted by molar-refractivity contribution is 0.355. The van der Waals surface area contributed by atoms with E-state index in [-0.39, 0.29) is 5.28 Å². The first-order valence-electron chi connectivity index (χ1n) is 5.82. The van der Waals surface area contributed by atoms with Crippen LogP contribution in [0.25, 0.3) is 22.4 Å². The Balaban J connectivity index is 2.22. The Kier molecular flexibility index (Phi) is 3.15. The van der Waals surface area contributed by atoms with Crippen LogP contribution in [0.1, 0.15) is 0 Å². The van der Waals surface area contributed by atoms with Gasteiger partial charge in [-0.15, -0.1) is 0 Å². The minimum absolute atomic E-state index is 0.148. The first-order valence-corrected chi connectivity index (χ1v) is 6.19. The fraction of sp³-hybridized carbons (Fsp3) is 0.154. The third kappa shape index (κ3) is 2.04. The highest BCUT2D eigenvalue weighted by Crippen LogP contribution is 2.33. The van der Waals surface area contributed by atoms with Gasteiger partial charge in [0.25, 0.3) is 0 Å². The van der Waals surface area contributed by atoms with Gasteiger partial charge in [-0.3, -0.25) is 0 Å². The van der Waals surface area contributed by atoms with Crippen LogP contribution in [0.4, 0.5) is 0 Å². The van der Waals surface area contributed by atoms with Crippen molar-refractivity contribution in [3.05, 3.63) is 29.8 Å². The molecular weight excluding hydrogens is 280 g/mol. The van der Waals surface area contributed by atoms with E-state index in [2.05, 4.69) is 19.9 Å². The van der Waals surface area contributed by atoms with Gasteiger partial charge in [-0.05, 0) is 29.8 Å². The smallest absolute Gasteiger partial charge is 0.225 e. The third-order valence-corrected chi connectivity index (χ3v) is 3.08. The standard InChI is InChI=1S/C13H11ClN4O2/c1-19-8-4-3-7(5-9(8)20-2)10-11-12(16-6-15-11)18-13(14)17-10/h3-6H,1-2H3,(H,15,16,17,18). The molecule has 0 atom stereocenters. The highest BCUT2D eigenvalue weighted by atomic mass is 35.5. The van der Waals surface area contributed by atoms with Gasteiger partial charge in [0, 0.05) is 5.56 Å². The topological polar surface area (TPSA) is 72.9 Å². The summed E-state index contributed by atoms with van der Waals surface area (Å²) in [6.07, 6.45) is 1.56. The van der Waals surface area contributed by atoms with Crippen LogP contribution in [-0.4, -0.2) is 34.2 Å². The largest absolute Gasteiger partial charge is 0.493 e. The normalized spacial score (nSPS) is 10.8. The van der Waals surface area contributed by atoms with Crippen molar-refractivity contribution in [2.45, 2.75) is 0 Å². The second-order valence-corrected chi connectivity index (χ2v) is 4.35. The predicted molar refractivity (Wildman–Crippen MR) is 75.2 cm³/mol. The third-order valence-electron chi connectivity index (χ3n) is 2.92. The molecule has 6 nitrogen and oxygen atoms in total. The van der Waals surface area contributed by atoms with Crippen molar-refractivity contribution < 1.29 is 9.47 Å². The van der Waals surface area contributed by atoms with E-state index in [9.17, 15) is 0 Å². The van der Waals surface area contributed by atoms with Gasteiger partial charge in [0.05, 0.1) is 20.5 Å². The van der Waals surface area contributed by atoms with Crippen molar-refractivity contribution >= 4 is 22.8 Å². The Morgan fingerprint density at radius 3 is 2.65 bits per heavy atom. The fourth-order valence-corrected chi connectivity index (χ4v) is 2.16. The Bertz CT molecular complexity index is 772. The number of benzene rings is 1. The van der Waals surface area contributed by atoms with Crippen LogP contribution in [0, 0.1) is 0 Å². The number of hydrogen-bond donors (Lipinski definition) is 1. The first kappa shape index (κ1) is 12.7. The molecule has 0 radical (unpaired) electrons. The summed E-state index contributed by atoms with van der Waals surface area (Å²) in [5.41, 5.74) is 2.75. The number of hydrogen-bond acceptors (Lipinski definition) is 5. The molecule has 0 spiro atoms. The number of nitrogens with one attached hydrogen (secondary N) is 1. The van der Waals surface area contributed by atoms with E-state index in [0.717, 1.165) is 11.1 Å². The molecule has 0 saturated carbocycles. The summed E-state index contributed by atoms with van der Waals surface area (Å²) in [5.74, 6) is 1.27. The van der Waals surface area contributed by atoms with Crippen molar-refractivity contribution in [1.82, 2.24) is 19.9 Å². The number of methoxy groups -OCH3 is 2. The summed E-state index contributed by atoms with van der Waals surface area (Å²) in [4.78, 5) is 15.4. The maximum atomic E-state index is 5.93. The predicted octanol–water partition coefficient (Wildman–Crippen LogP) is 2.69. The Morgan fingerprint density at radius 2 is 1.90 bits per heavy atom. The van der Waals surface area contributed by atoms with Crippen molar-refractivity contribution in [2.75, 3.05) is 14.2 Å². The molecule has 0 fully saturated rings. The van der Waals surface area contributed by atoms with Gasteiger partial charge in [0.15, 0.2) is 17.1 Å². The molecule has 2 heterocycles. The van der Waals surface area contributed by atoms with E-state index in [4.69, 9.17) is 21.1 Å². The highest BCUT2D eigenvalue weighted by Gasteiger charge is 2.13. The van der Waals surface area contributed by atoms with E-state index in [1.165, 1.54) is 0 Å². The van der Waals surface area contributed by atoms with Crippen molar-refractivity contribution in [3.63, 3.8) is 0 Å². The van der Waals surface area contributed by atoms with Crippen molar-refractivity contribution in [2.24, 2.45) is 0 Å². The van der Waals surface area contributed by atoms with Crippen LogP contribution in [0.2, 0.25) is 5.28 Å². The van der Waals surface area contributed by atoms with E-state index in [0.29, 0.717) is 22.8 Å². The average Bonchev–Trinajstić information content (AvgIpc) is 2.93. The molecule has 0 aliphatic carbocycles. The molecule has 0 unspecified atom stereocenters. The zero-order valence-electron chi connectivity index (χ0n) is 10.8. The lowest BCUT2D eigenvalue weighted by atomic mass is 10.1. The van der Waals surface area contributed by atoms with E-state index < -0.39 is 0 Å². The fourth-order valence-electron chi connectivity index (χ4n) is 2.00. The minimum atomic E-state index is 0.148.